The highest BCUT2D eigenvalue weighted by Crippen LogP contribution is 2.52. The molecule has 1 N–H and O–H groups in total. The maximum absolute atomic E-state index is 3.65. The maximum atomic E-state index is 3.65. The Kier molecular flexibility index (Phi) is 5.06. The summed E-state index contributed by atoms with van der Waals surface area (Å²) < 4.78 is 1.22. The Morgan fingerprint density at radius 2 is 2.05 bits per heavy atom. The van der Waals surface area contributed by atoms with Crippen LogP contribution in [-0.4, -0.2) is 13.1 Å². The molecule has 1 aromatic rings. The van der Waals surface area contributed by atoms with Gasteiger partial charge in [0.05, 0.1) is 0 Å². The maximum Gasteiger partial charge on any atom is 0.0178 e. The fourth-order valence-electron chi connectivity index (χ4n) is 4.72. The van der Waals surface area contributed by atoms with Crippen LogP contribution in [-0.2, 0) is 0 Å². The van der Waals surface area contributed by atoms with E-state index in [1.807, 2.05) is 0 Å². The van der Waals surface area contributed by atoms with E-state index in [-0.39, 0.29) is 0 Å². The van der Waals surface area contributed by atoms with E-state index in [0.717, 1.165) is 12.5 Å². The first-order valence-corrected chi connectivity index (χ1v) is 9.49. The first kappa shape index (κ1) is 15.6. The summed E-state index contributed by atoms with van der Waals surface area (Å²) in [6.45, 7) is 4.71. The predicted octanol–water partition coefficient (Wildman–Crippen LogP) is 5.50. The van der Waals surface area contributed by atoms with E-state index in [2.05, 4.69) is 52.4 Å². The Balaban J connectivity index is 1.79. The summed E-state index contributed by atoms with van der Waals surface area (Å²) in [6.07, 6.45) is 9.96. The van der Waals surface area contributed by atoms with Gasteiger partial charge in [-0.15, -0.1) is 0 Å². The minimum Gasteiger partial charge on any atom is -0.316 e. The smallest absolute Gasteiger partial charge is 0.0178 e. The van der Waals surface area contributed by atoms with Gasteiger partial charge in [-0.2, -0.15) is 0 Å². The van der Waals surface area contributed by atoms with Crippen LogP contribution in [0, 0.1) is 11.3 Å². The van der Waals surface area contributed by atoms with E-state index < -0.39 is 0 Å². The van der Waals surface area contributed by atoms with Gasteiger partial charge in [-0.25, -0.2) is 0 Å². The van der Waals surface area contributed by atoms with Crippen LogP contribution < -0.4 is 5.32 Å². The lowest BCUT2D eigenvalue weighted by atomic mass is 9.58. The number of nitrogens with one attached hydrogen (secondary N) is 1. The van der Waals surface area contributed by atoms with Gasteiger partial charge >= 0.3 is 0 Å². The summed E-state index contributed by atoms with van der Waals surface area (Å²) in [7, 11) is 0. The zero-order valence-electron chi connectivity index (χ0n) is 13.2. The molecule has 0 radical (unpaired) electrons. The molecule has 2 heteroatoms. The van der Waals surface area contributed by atoms with E-state index in [9.17, 15) is 0 Å². The zero-order chi connectivity index (χ0) is 14.7. The highest BCUT2D eigenvalue weighted by molar-refractivity contribution is 9.10. The van der Waals surface area contributed by atoms with Crippen molar-refractivity contribution >= 4 is 15.9 Å². The highest BCUT2D eigenvalue weighted by atomic mass is 79.9. The molecule has 1 saturated carbocycles. The van der Waals surface area contributed by atoms with Crippen LogP contribution >= 0.6 is 15.9 Å². The van der Waals surface area contributed by atoms with Crippen molar-refractivity contribution in [1.29, 1.82) is 0 Å². The highest BCUT2D eigenvalue weighted by Gasteiger charge is 2.43. The van der Waals surface area contributed by atoms with Crippen LogP contribution in [0.5, 0.6) is 0 Å². The fraction of sp³-hybridized carbons (Fsp3) is 0.684. The van der Waals surface area contributed by atoms with Crippen molar-refractivity contribution in [2.75, 3.05) is 13.1 Å². The minimum absolute atomic E-state index is 0.566. The van der Waals surface area contributed by atoms with Crippen molar-refractivity contribution in [2.45, 2.75) is 57.8 Å². The van der Waals surface area contributed by atoms with Gasteiger partial charge in [0.25, 0.3) is 0 Å². The monoisotopic (exact) mass is 349 g/mol. The van der Waals surface area contributed by atoms with Crippen molar-refractivity contribution in [2.24, 2.45) is 11.3 Å². The van der Waals surface area contributed by atoms with Gasteiger partial charge in [-0.3, -0.25) is 0 Å². The number of rotatable bonds is 3. The summed E-state index contributed by atoms with van der Waals surface area (Å²) in [4.78, 5) is 0. The van der Waals surface area contributed by atoms with Crippen LogP contribution in [0.2, 0.25) is 0 Å². The summed E-state index contributed by atoms with van der Waals surface area (Å²) in [5.74, 6) is 1.70. The zero-order valence-corrected chi connectivity index (χ0v) is 14.8. The molecule has 0 amide bonds. The molecule has 2 aliphatic rings. The first-order chi connectivity index (χ1) is 10.2. The van der Waals surface area contributed by atoms with E-state index in [0.29, 0.717) is 11.3 Å². The second-order valence-electron chi connectivity index (χ2n) is 7.16. The molecule has 116 valence electrons. The molecule has 1 saturated heterocycles. The molecule has 1 aliphatic carbocycles. The molecule has 0 bridgehead atoms. The Bertz CT molecular complexity index is 462. The summed E-state index contributed by atoms with van der Waals surface area (Å²) in [6, 6.07) is 9.02. The molecule has 1 unspecified atom stereocenters. The molecule has 1 heterocycles. The molecule has 1 aromatic carbocycles. The van der Waals surface area contributed by atoms with Crippen molar-refractivity contribution in [3.8, 4) is 0 Å². The van der Waals surface area contributed by atoms with E-state index in [1.54, 1.807) is 0 Å². The van der Waals surface area contributed by atoms with Crippen LogP contribution in [0.1, 0.15) is 63.4 Å². The molecule has 3 rings (SSSR count). The van der Waals surface area contributed by atoms with Gasteiger partial charge in [0, 0.05) is 16.9 Å². The second-order valence-corrected chi connectivity index (χ2v) is 8.07. The van der Waals surface area contributed by atoms with E-state index in [4.69, 9.17) is 0 Å². The predicted molar refractivity (Wildman–Crippen MR) is 93.7 cm³/mol. The second kappa shape index (κ2) is 6.83. The lowest BCUT2D eigenvalue weighted by Crippen LogP contribution is -2.45. The lowest BCUT2D eigenvalue weighted by Gasteiger charge is -2.49. The third kappa shape index (κ3) is 3.37. The molecular weight excluding hydrogens is 322 g/mol. The largest absolute Gasteiger partial charge is 0.316 e. The topological polar surface area (TPSA) is 12.0 Å². The van der Waals surface area contributed by atoms with Crippen molar-refractivity contribution in [3.05, 3.63) is 34.3 Å². The van der Waals surface area contributed by atoms with Crippen LogP contribution in [0.15, 0.2) is 28.7 Å². The minimum atomic E-state index is 0.566. The summed E-state index contributed by atoms with van der Waals surface area (Å²) >= 11 is 3.65. The van der Waals surface area contributed by atoms with Crippen molar-refractivity contribution in [1.82, 2.24) is 5.32 Å². The first-order valence-electron chi connectivity index (χ1n) is 8.70. The molecular formula is C19H28BrN. The van der Waals surface area contributed by atoms with Gasteiger partial charge in [0.2, 0.25) is 0 Å². The van der Waals surface area contributed by atoms with Gasteiger partial charge in [0.1, 0.15) is 0 Å². The lowest BCUT2D eigenvalue weighted by molar-refractivity contribution is 0.0768. The fourth-order valence-corrected chi connectivity index (χ4v) is 5.13. The molecule has 1 spiro atoms. The van der Waals surface area contributed by atoms with Gasteiger partial charge < -0.3 is 5.32 Å². The van der Waals surface area contributed by atoms with Crippen LogP contribution in [0.4, 0.5) is 0 Å². The molecule has 0 aromatic heterocycles. The van der Waals surface area contributed by atoms with E-state index >= 15 is 0 Å². The molecule has 1 nitrogen and oxygen atoms in total. The standard InChI is InChI=1S/C19H28BrN/c1-2-4-15-7-9-19(10-8-15)11-12-21-14-18(19)16-5-3-6-17(20)13-16/h3,5-6,13,15,18,21H,2,4,7-12,14H2,1H3. The van der Waals surface area contributed by atoms with E-state index in [1.165, 1.54) is 61.5 Å². The molecule has 1 atom stereocenters. The number of hydrogen-bond acceptors (Lipinski definition) is 1. The average molecular weight is 350 g/mol. The quantitative estimate of drug-likeness (QED) is 0.759. The Morgan fingerprint density at radius 1 is 1.24 bits per heavy atom. The number of hydrogen-bond donors (Lipinski definition) is 1. The molecule has 1 aliphatic heterocycles. The number of benzene rings is 1. The molecule has 21 heavy (non-hydrogen) atoms. The van der Waals surface area contributed by atoms with Crippen molar-refractivity contribution in [3.63, 3.8) is 0 Å². The summed E-state index contributed by atoms with van der Waals surface area (Å²) in [5.41, 5.74) is 2.10. The Morgan fingerprint density at radius 3 is 2.76 bits per heavy atom. The van der Waals surface area contributed by atoms with Gasteiger partial charge in [-0.1, -0.05) is 47.8 Å². The average Bonchev–Trinajstić information content (AvgIpc) is 2.50. The Hall–Kier alpha value is -0.340. The SMILES string of the molecule is CCCC1CCC2(CCNCC2c2cccc(Br)c2)CC1. The normalized spacial score (nSPS) is 33.2. The van der Waals surface area contributed by atoms with Gasteiger partial charge in [-0.05, 0) is 67.7 Å². The molecule has 2 fully saturated rings. The number of piperidine rings is 1. The Labute approximate surface area is 138 Å². The third-order valence-corrected chi connectivity index (χ3v) is 6.43. The summed E-state index contributed by atoms with van der Waals surface area (Å²) in [5, 5.41) is 3.65. The van der Waals surface area contributed by atoms with Crippen LogP contribution in [0.3, 0.4) is 0 Å². The number of halogens is 1. The third-order valence-electron chi connectivity index (χ3n) is 5.94. The van der Waals surface area contributed by atoms with Crippen molar-refractivity contribution < 1.29 is 0 Å². The van der Waals surface area contributed by atoms with Crippen LogP contribution in [0.25, 0.3) is 0 Å². The van der Waals surface area contributed by atoms with Gasteiger partial charge in [0.15, 0.2) is 0 Å².